The largest absolute Gasteiger partial charge is 0.400 e. The van der Waals surface area contributed by atoms with Gasteiger partial charge >= 0.3 is 0 Å². The molecule has 2 N–H and O–H groups in total. The van der Waals surface area contributed by atoms with E-state index in [1.807, 2.05) is 38.1 Å². The third-order valence-corrected chi connectivity index (χ3v) is 3.43. The molecule has 1 amide bonds. The van der Waals surface area contributed by atoms with Crippen molar-refractivity contribution in [2.24, 2.45) is 5.92 Å². The average Bonchev–Trinajstić information content (AvgIpc) is 2.68. The number of hydrogen-bond donors (Lipinski definition) is 2. The van der Waals surface area contributed by atoms with Crippen LogP contribution in [0.5, 0.6) is 0 Å². The number of Topliss-reactive ketones (excluding diaryl/α,β-unsaturated/α-hetero) is 2. The number of aryl methyl sites for hydroxylation is 1. The van der Waals surface area contributed by atoms with Gasteiger partial charge in [0, 0.05) is 19.7 Å². The number of rotatable bonds is 6. The van der Waals surface area contributed by atoms with Crippen LogP contribution in [0.15, 0.2) is 24.3 Å². The minimum Gasteiger partial charge on any atom is -0.400 e. The highest BCUT2D eigenvalue weighted by molar-refractivity contribution is 5.99. The van der Waals surface area contributed by atoms with Crippen molar-refractivity contribution in [2.75, 3.05) is 14.2 Å². The topological polar surface area (TPSA) is 83.5 Å². The maximum atomic E-state index is 11.0. The molecule has 0 saturated heterocycles. The molecule has 26 heavy (non-hydrogen) atoms. The molecule has 0 aromatic heterocycles. The molecule has 0 aliphatic rings. The SMILES string of the molecule is CC.CCCCc1ccc(C(C)=O)cc1.CNC(=O)C(C)C(C)=O.CO. The number of carbonyl (C=O) groups is 3. The summed E-state index contributed by atoms with van der Waals surface area (Å²) >= 11 is 0. The molecule has 0 fully saturated rings. The van der Waals surface area contributed by atoms with E-state index >= 15 is 0 Å². The number of amides is 1. The van der Waals surface area contributed by atoms with E-state index in [9.17, 15) is 14.4 Å². The summed E-state index contributed by atoms with van der Waals surface area (Å²) in [6.07, 6.45) is 3.56. The lowest BCUT2D eigenvalue weighted by Gasteiger charge is -2.03. The highest BCUT2D eigenvalue weighted by Gasteiger charge is 2.14. The van der Waals surface area contributed by atoms with E-state index in [1.165, 1.54) is 32.4 Å². The second-order valence-electron chi connectivity index (χ2n) is 5.30. The van der Waals surface area contributed by atoms with Crippen LogP contribution in [0.25, 0.3) is 0 Å². The van der Waals surface area contributed by atoms with Crippen molar-refractivity contribution in [1.29, 1.82) is 0 Å². The van der Waals surface area contributed by atoms with Crippen LogP contribution in [-0.4, -0.2) is 36.7 Å². The Kier molecular flexibility index (Phi) is 21.4. The molecule has 0 aliphatic carbocycles. The summed E-state index contributed by atoms with van der Waals surface area (Å²) in [7, 11) is 2.52. The molecule has 1 atom stereocenters. The predicted octanol–water partition coefficient (Wildman–Crippen LogP) is 3.82. The van der Waals surface area contributed by atoms with E-state index in [0.29, 0.717) is 0 Å². The van der Waals surface area contributed by atoms with Crippen molar-refractivity contribution in [3.05, 3.63) is 35.4 Å². The van der Waals surface area contributed by atoms with Crippen LogP contribution >= 0.6 is 0 Å². The quantitative estimate of drug-likeness (QED) is 0.591. The molecule has 0 radical (unpaired) electrons. The number of ketones is 2. The first-order chi connectivity index (χ1) is 12.3. The first-order valence-electron chi connectivity index (χ1n) is 9.10. The van der Waals surface area contributed by atoms with Crippen LogP contribution in [0, 0.1) is 5.92 Å². The van der Waals surface area contributed by atoms with Crippen LogP contribution in [0.2, 0.25) is 0 Å². The Bertz CT molecular complexity index is 495. The zero-order valence-electron chi connectivity index (χ0n) is 17.7. The van der Waals surface area contributed by atoms with Crippen molar-refractivity contribution in [2.45, 2.75) is 60.8 Å². The van der Waals surface area contributed by atoms with E-state index in [1.54, 1.807) is 13.8 Å². The lowest BCUT2D eigenvalue weighted by atomic mass is 10.1. The van der Waals surface area contributed by atoms with Crippen molar-refractivity contribution < 1.29 is 19.5 Å². The molecule has 0 aliphatic heterocycles. The summed E-state index contributed by atoms with van der Waals surface area (Å²) in [6, 6.07) is 7.92. The van der Waals surface area contributed by atoms with Gasteiger partial charge in [-0.1, -0.05) is 51.5 Å². The van der Waals surface area contributed by atoms with Crippen LogP contribution in [-0.2, 0) is 16.0 Å². The van der Waals surface area contributed by atoms with E-state index in [4.69, 9.17) is 5.11 Å². The van der Waals surface area contributed by atoms with E-state index in [-0.39, 0.29) is 17.5 Å². The molecule has 1 unspecified atom stereocenters. The van der Waals surface area contributed by atoms with Gasteiger partial charge in [0.15, 0.2) is 5.78 Å². The van der Waals surface area contributed by atoms with E-state index in [2.05, 4.69) is 12.2 Å². The average molecular weight is 368 g/mol. The summed E-state index contributed by atoms with van der Waals surface area (Å²) in [4.78, 5) is 32.1. The standard InChI is InChI=1S/C12H16O.C6H11NO2.C2H6.CH4O/c1-3-4-5-11-6-8-12(9-7-11)10(2)13;1-4(5(2)8)6(9)7-3;2*1-2/h6-9H,3-5H2,1-2H3;4H,1-3H3,(H,7,9);1-2H3;2H,1H3. The van der Waals surface area contributed by atoms with Gasteiger partial charge in [0.05, 0.1) is 5.92 Å². The number of unbranched alkanes of at least 4 members (excludes halogenated alkanes) is 1. The highest BCUT2D eigenvalue weighted by atomic mass is 16.2. The van der Waals surface area contributed by atoms with Crippen LogP contribution < -0.4 is 5.32 Å². The smallest absolute Gasteiger partial charge is 0.230 e. The molecule has 0 spiro atoms. The number of benzene rings is 1. The summed E-state index contributed by atoms with van der Waals surface area (Å²) in [5, 5.41) is 9.39. The second-order valence-corrected chi connectivity index (χ2v) is 5.30. The summed E-state index contributed by atoms with van der Waals surface area (Å²) in [5.41, 5.74) is 2.13. The molecule has 1 rings (SSSR count). The normalized spacial score (nSPS) is 9.73. The fourth-order valence-corrected chi connectivity index (χ4v) is 1.69. The maximum absolute atomic E-state index is 11.0. The van der Waals surface area contributed by atoms with Crippen LogP contribution in [0.4, 0.5) is 0 Å². The third-order valence-electron chi connectivity index (χ3n) is 3.43. The molecule has 0 bridgehead atoms. The molecule has 5 heteroatoms. The third kappa shape index (κ3) is 14.3. The zero-order valence-corrected chi connectivity index (χ0v) is 17.7. The van der Waals surface area contributed by atoms with Crippen molar-refractivity contribution in [3.63, 3.8) is 0 Å². The molecule has 5 nitrogen and oxygen atoms in total. The van der Waals surface area contributed by atoms with Gasteiger partial charge in [0.1, 0.15) is 5.78 Å². The molecule has 150 valence electrons. The Hall–Kier alpha value is -2.01. The maximum Gasteiger partial charge on any atom is 0.230 e. The Labute approximate surface area is 159 Å². The zero-order chi connectivity index (χ0) is 21.1. The molecular weight excluding hydrogens is 330 g/mol. The Morgan fingerprint density at radius 3 is 1.77 bits per heavy atom. The monoisotopic (exact) mass is 367 g/mol. The van der Waals surface area contributed by atoms with Crippen LogP contribution in [0.3, 0.4) is 0 Å². The summed E-state index contributed by atoms with van der Waals surface area (Å²) in [5.74, 6) is -0.686. The van der Waals surface area contributed by atoms with Crippen molar-refractivity contribution in [1.82, 2.24) is 5.32 Å². The van der Waals surface area contributed by atoms with Gasteiger partial charge in [-0.25, -0.2) is 0 Å². The molecule has 0 saturated carbocycles. The minimum atomic E-state index is -0.505. The van der Waals surface area contributed by atoms with E-state index in [0.717, 1.165) is 19.1 Å². The van der Waals surface area contributed by atoms with Crippen molar-refractivity contribution in [3.8, 4) is 0 Å². The number of aliphatic hydroxyl groups excluding tert-OH is 1. The number of aliphatic hydroxyl groups is 1. The van der Waals surface area contributed by atoms with Gasteiger partial charge in [-0.2, -0.15) is 0 Å². The summed E-state index contributed by atoms with van der Waals surface area (Å²) in [6.45, 7) is 10.8. The van der Waals surface area contributed by atoms with Gasteiger partial charge in [-0.15, -0.1) is 0 Å². The van der Waals surface area contributed by atoms with Crippen LogP contribution in [0.1, 0.15) is 70.3 Å². The molecular formula is C21H37NO4. The second kappa shape index (κ2) is 19.3. The molecule has 1 aromatic carbocycles. The van der Waals surface area contributed by atoms with Gasteiger partial charge < -0.3 is 10.4 Å². The number of carbonyl (C=O) groups excluding carboxylic acids is 3. The van der Waals surface area contributed by atoms with Gasteiger partial charge in [0.25, 0.3) is 0 Å². The van der Waals surface area contributed by atoms with Crippen molar-refractivity contribution >= 4 is 17.5 Å². The van der Waals surface area contributed by atoms with Gasteiger partial charge in [-0.3, -0.25) is 14.4 Å². The first kappa shape index (κ1) is 28.8. The fraction of sp³-hybridized carbons (Fsp3) is 0.571. The van der Waals surface area contributed by atoms with Gasteiger partial charge in [0.2, 0.25) is 5.91 Å². The van der Waals surface area contributed by atoms with Gasteiger partial charge in [-0.05, 0) is 39.2 Å². The number of nitrogens with one attached hydrogen (secondary N) is 1. The lowest BCUT2D eigenvalue weighted by Crippen LogP contribution is -2.29. The Balaban J connectivity index is -0.000000357. The van der Waals surface area contributed by atoms with E-state index < -0.39 is 5.92 Å². The lowest BCUT2D eigenvalue weighted by molar-refractivity contribution is -0.131. The predicted molar refractivity (Wildman–Crippen MR) is 108 cm³/mol. The minimum absolute atomic E-state index is 0.102. The summed E-state index contributed by atoms with van der Waals surface area (Å²) < 4.78 is 0. The fourth-order valence-electron chi connectivity index (χ4n) is 1.69. The number of hydrogen-bond acceptors (Lipinski definition) is 4. The molecule has 1 aromatic rings. The Morgan fingerprint density at radius 1 is 1.04 bits per heavy atom. The Morgan fingerprint density at radius 2 is 1.50 bits per heavy atom. The molecule has 0 heterocycles. The highest BCUT2D eigenvalue weighted by Crippen LogP contribution is 2.08. The first-order valence-corrected chi connectivity index (χ1v) is 9.10.